The van der Waals surface area contributed by atoms with Gasteiger partial charge in [0.15, 0.2) is 0 Å². The zero-order chi connectivity index (χ0) is 13.0. The van der Waals surface area contributed by atoms with Crippen molar-refractivity contribution in [3.8, 4) is 5.75 Å². The van der Waals surface area contributed by atoms with Gasteiger partial charge in [0, 0.05) is 23.4 Å². The van der Waals surface area contributed by atoms with E-state index in [1.807, 2.05) is 12.1 Å². The molecule has 3 nitrogen and oxygen atoms in total. The molecule has 0 radical (unpaired) electrons. The Labute approximate surface area is 118 Å². The topological polar surface area (TPSA) is 47.3 Å². The lowest BCUT2D eigenvalue weighted by Crippen LogP contribution is -2.36. The number of fused-ring (bicyclic) bond motifs is 1. The van der Waals surface area contributed by atoms with Gasteiger partial charge in [0.2, 0.25) is 0 Å². The second-order valence-electron chi connectivity index (χ2n) is 4.55. The van der Waals surface area contributed by atoms with Crippen LogP contribution in [0.25, 0.3) is 0 Å². The molecule has 1 aromatic rings. The minimum Gasteiger partial charge on any atom is -0.493 e. The zero-order valence-corrected chi connectivity index (χ0v) is 11.7. The van der Waals surface area contributed by atoms with Crippen molar-refractivity contribution in [2.45, 2.75) is 31.7 Å². The van der Waals surface area contributed by atoms with Crippen LogP contribution in [0.4, 0.5) is 0 Å². The molecular weight excluding hydrogens is 271 g/mol. The minimum atomic E-state index is 0.204. The van der Waals surface area contributed by atoms with Crippen LogP contribution >= 0.6 is 23.2 Å². The monoisotopic (exact) mass is 288 g/mol. The molecule has 1 heterocycles. The van der Waals surface area contributed by atoms with Gasteiger partial charge in [-0.15, -0.1) is 11.6 Å². The predicted octanol–water partition coefficient (Wildman–Crippen LogP) is 2.67. The molecule has 0 saturated heterocycles. The number of hydrogen-bond acceptors (Lipinski definition) is 3. The zero-order valence-electron chi connectivity index (χ0n) is 10.2. The number of alkyl halides is 1. The molecule has 1 aliphatic heterocycles. The van der Waals surface area contributed by atoms with Crippen LogP contribution in [0.2, 0.25) is 5.02 Å². The third-order valence-electron chi connectivity index (χ3n) is 3.21. The number of halogens is 2. The van der Waals surface area contributed by atoms with Gasteiger partial charge >= 0.3 is 0 Å². The summed E-state index contributed by atoms with van der Waals surface area (Å²) in [6.45, 7) is 0.741. The van der Waals surface area contributed by atoms with Crippen molar-refractivity contribution < 1.29 is 4.74 Å². The highest BCUT2D eigenvalue weighted by molar-refractivity contribution is 6.30. The molecule has 0 aliphatic carbocycles. The molecular formula is C13H18Cl2N2O. The summed E-state index contributed by atoms with van der Waals surface area (Å²) in [7, 11) is 0. The summed E-state index contributed by atoms with van der Waals surface area (Å²) in [6, 6.07) is 4.16. The van der Waals surface area contributed by atoms with Crippen LogP contribution in [0.1, 0.15) is 24.0 Å². The third kappa shape index (κ3) is 3.29. The number of ether oxygens (including phenoxy) is 1. The molecule has 3 N–H and O–H groups in total. The van der Waals surface area contributed by atoms with E-state index in [0.717, 1.165) is 48.6 Å². The van der Waals surface area contributed by atoms with Gasteiger partial charge in [0.05, 0.1) is 6.61 Å². The SMILES string of the molecule is NNC(CCCCl)Cc1cc(Cl)cc2c1OCC2. The summed E-state index contributed by atoms with van der Waals surface area (Å²) < 4.78 is 5.68. The van der Waals surface area contributed by atoms with Crippen LogP contribution in [-0.2, 0) is 12.8 Å². The molecule has 1 unspecified atom stereocenters. The van der Waals surface area contributed by atoms with E-state index in [9.17, 15) is 0 Å². The van der Waals surface area contributed by atoms with Crippen molar-refractivity contribution in [1.29, 1.82) is 0 Å². The maximum Gasteiger partial charge on any atom is 0.125 e. The summed E-state index contributed by atoms with van der Waals surface area (Å²) in [6.07, 6.45) is 3.64. The number of nitrogens with one attached hydrogen (secondary N) is 1. The Morgan fingerprint density at radius 3 is 3.00 bits per heavy atom. The number of nitrogens with two attached hydrogens (primary N) is 1. The Kier molecular flexibility index (Phi) is 5.13. The first kappa shape index (κ1) is 13.9. The first-order valence-corrected chi connectivity index (χ1v) is 7.12. The fourth-order valence-corrected chi connectivity index (χ4v) is 2.75. The van der Waals surface area contributed by atoms with E-state index in [-0.39, 0.29) is 6.04 Å². The fourth-order valence-electron chi connectivity index (χ4n) is 2.33. The van der Waals surface area contributed by atoms with E-state index in [0.29, 0.717) is 5.88 Å². The molecule has 2 rings (SSSR count). The van der Waals surface area contributed by atoms with E-state index in [4.69, 9.17) is 33.8 Å². The van der Waals surface area contributed by atoms with Crippen LogP contribution in [0.15, 0.2) is 12.1 Å². The highest BCUT2D eigenvalue weighted by atomic mass is 35.5. The highest BCUT2D eigenvalue weighted by Gasteiger charge is 2.19. The predicted molar refractivity (Wildman–Crippen MR) is 75.4 cm³/mol. The smallest absolute Gasteiger partial charge is 0.125 e. The first-order valence-electron chi connectivity index (χ1n) is 6.20. The Bertz CT molecular complexity index is 412. The quantitative estimate of drug-likeness (QED) is 0.481. The lowest BCUT2D eigenvalue weighted by molar-refractivity contribution is 0.350. The minimum absolute atomic E-state index is 0.204. The van der Waals surface area contributed by atoms with Gasteiger partial charge in [-0.25, -0.2) is 0 Å². The van der Waals surface area contributed by atoms with Gasteiger partial charge in [-0.2, -0.15) is 0 Å². The van der Waals surface area contributed by atoms with E-state index >= 15 is 0 Å². The summed E-state index contributed by atoms with van der Waals surface area (Å²) in [5, 5.41) is 0.766. The van der Waals surface area contributed by atoms with Crippen LogP contribution in [-0.4, -0.2) is 18.5 Å². The van der Waals surface area contributed by atoms with Crippen molar-refractivity contribution in [1.82, 2.24) is 5.43 Å². The number of hydrogen-bond donors (Lipinski definition) is 2. The van der Waals surface area contributed by atoms with Crippen LogP contribution in [0.3, 0.4) is 0 Å². The molecule has 0 amide bonds. The molecule has 1 aromatic carbocycles. The third-order valence-corrected chi connectivity index (χ3v) is 3.70. The van der Waals surface area contributed by atoms with Gasteiger partial charge in [0.1, 0.15) is 5.75 Å². The Balaban J connectivity index is 2.12. The molecule has 0 bridgehead atoms. The van der Waals surface area contributed by atoms with E-state index in [1.165, 1.54) is 5.56 Å². The second-order valence-corrected chi connectivity index (χ2v) is 5.36. The summed E-state index contributed by atoms with van der Waals surface area (Å²) >= 11 is 11.8. The average Bonchev–Trinajstić information content (AvgIpc) is 2.82. The molecule has 0 spiro atoms. The van der Waals surface area contributed by atoms with Gasteiger partial charge < -0.3 is 4.74 Å². The standard InChI is InChI=1S/C13H18Cl2N2O/c14-4-1-2-12(17-16)8-10-7-11(15)6-9-3-5-18-13(9)10/h6-7,12,17H,1-5,8,16H2. The van der Waals surface area contributed by atoms with Gasteiger partial charge in [-0.1, -0.05) is 11.6 Å². The highest BCUT2D eigenvalue weighted by Crippen LogP contribution is 2.33. The fraction of sp³-hybridized carbons (Fsp3) is 0.538. The van der Waals surface area contributed by atoms with Gasteiger partial charge in [0.25, 0.3) is 0 Å². The maximum atomic E-state index is 6.13. The second kappa shape index (κ2) is 6.62. The lowest BCUT2D eigenvalue weighted by atomic mass is 9.99. The summed E-state index contributed by atoms with van der Waals surface area (Å²) in [5.74, 6) is 7.22. The average molecular weight is 289 g/mol. The molecule has 1 atom stereocenters. The van der Waals surface area contributed by atoms with Crippen molar-refractivity contribution in [3.05, 3.63) is 28.3 Å². The van der Waals surface area contributed by atoms with Gasteiger partial charge in [-0.3, -0.25) is 11.3 Å². The summed E-state index contributed by atoms with van der Waals surface area (Å²) in [4.78, 5) is 0. The summed E-state index contributed by atoms with van der Waals surface area (Å²) in [5.41, 5.74) is 5.17. The number of benzene rings is 1. The van der Waals surface area contributed by atoms with Gasteiger partial charge in [-0.05, 0) is 42.5 Å². The molecule has 100 valence electrons. The molecule has 1 aliphatic rings. The van der Waals surface area contributed by atoms with E-state index < -0.39 is 0 Å². The first-order chi connectivity index (χ1) is 8.74. The molecule has 0 saturated carbocycles. The van der Waals surface area contributed by atoms with Crippen molar-refractivity contribution >= 4 is 23.2 Å². The Morgan fingerprint density at radius 1 is 1.44 bits per heavy atom. The molecule has 18 heavy (non-hydrogen) atoms. The molecule has 5 heteroatoms. The number of hydrazine groups is 1. The van der Waals surface area contributed by atoms with Crippen molar-refractivity contribution in [2.75, 3.05) is 12.5 Å². The van der Waals surface area contributed by atoms with Crippen LogP contribution in [0.5, 0.6) is 5.75 Å². The maximum absolute atomic E-state index is 6.13. The van der Waals surface area contributed by atoms with Crippen LogP contribution < -0.4 is 16.0 Å². The number of rotatable bonds is 6. The van der Waals surface area contributed by atoms with Crippen molar-refractivity contribution in [3.63, 3.8) is 0 Å². The normalized spacial score (nSPS) is 15.3. The molecule has 0 aromatic heterocycles. The van der Waals surface area contributed by atoms with E-state index in [2.05, 4.69) is 5.43 Å². The van der Waals surface area contributed by atoms with Crippen LogP contribution in [0, 0.1) is 0 Å². The Morgan fingerprint density at radius 2 is 2.28 bits per heavy atom. The molecule has 0 fully saturated rings. The lowest BCUT2D eigenvalue weighted by Gasteiger charge is -2.17. The van der Waals surface area contributed by atoms with E-state index in [1.54, 1.807) is 0 Å². The Hall–Kier alpha value is -0.480. The van der Waals surface area contributed by atoms with Crippen molar-refractivity contribution in [2.24, 2.45) is 5.84 Å². The largest absolute Gasteiger partial charge is 0.493 e.